The molecule has 0 saturated heterocycles. The van der Waals surface area contributed by atoms with Gasteiger partial charge in [-0.15, -0.1) is 0 Å². The predicted octanol–water partition coefficient (Wildman–Crippen LogP) is 0.903. The molecule has 0 bridgehead atoms. The Labute approximate surface area is 125 Å². The second-order valence-electron chi connectivity index (χ2n) is 4.59. The molecule has 8 heteroatoms. The lowest BCUT2D eigenvalue weighted by atomic mass is 10.4. The third-order valence-corrected chi connectivity index (χ3v) is 3.51. The van der Waals surface area contributed by atoms with Crippen molar-refractivity contribution >= 4 is 21.6 Å². The second kappa shape index (κ2) is 6.67. The van der Waals surface area contributed by atoms with Crippen LogP contribution in [-0.4, -0.2) is 45.3 Å². The van der Waals surface area contributed by atoms with Crippen LogP contribution in [0.5, 0.6) is 0 Å². The normalized spacial score (nSPS) is 11.0. The van der Waals surface area contributed by atoms with Crippen molar-refractivity contribution in [3.05, 3.63) is 39.2 Å². The van der Waals surface area contributed by atoms with Gasteiger partial charge in [0.2, 0.25) is 0 Å². The summed E-state index contributed by atoms with van der Waals surface area (Å²) in [6.45, 7) is 1.83. The molecule has 2 aromatic rings. The quantitative estimate of drug-likeness (QED) is 0.816. The number of nitrogens with zero attached hydrogens (tertiary/aromatic N) is 4. The lowest BCUT2D eigenvalue weighted by molar-refractivity contribution is 0.367. The van der Waals surface area contributed by atoms with Crippen LogP contribution < -0.4 is 10.9 Å². The number of aromatic nitrogens is 4. The Bertz CT molecular complexity index is 607. The third kappa shape index (κ3) is 3.67. The van der Waals surface area contributed by atoms with Gasteiger partial charge in [0.05, 0.1) is 25.0 Å². The highest BCUT2D eigenvalue weighted by molar-refractivity contribution is 9.10. The summed E-state index contributed by atoms with van der Waals surface area (Å²) in [5.74, 6) is 0.800. The highest BCUT2D eigenvalue weighted by atomic mass is 79.9. The lowest BCUT2D eigenvalue weighted by Crippen LogP contribution is -2.29. The molecule has 0 unspecified atom stereocenters. The van der Waals surface area contributed by atoms with E-state index in [1.165, 1.54) is 4.68 Å². The van der Waals surface area contributed by atoms with Crippen molar-refractivity contribution < 1.29 is 0 Å². The van der Waals surface area contributed by atoms with Crippen LogP contribution >= 0.6 is 15.9 Å². The maximum absolute atomic E-state index is 12.1. The molecular weight excluding hydrogens is 324 g/mol. The molecular formula is C12H17BrN6O. The zero-order valence-electron chi connectivity index (χ0n) is 11.4. The summed E-state index contributed by atoms with van der Waals surface area (Å²) in [5, 5.41) is 7.29. The molecule has 108 valence electrons. The Morgan fingerprint density at radius 3 is 2.95 bits per heavy atom. The minimum atomic E-state index is -0.142. The number of anilines is 1. The van der Waals surface area contributed by atoms with Crippen molar-refractivity contribution in [2.45, 2.75) is 13.1 Å². The van der Waals surface area contributed by atoms with Gasteiger partial charge in [-0.1, -0.05) is 0 Å². The van der Waals surface area contributed by atoms with Gasteiger partial charge in [0, 0.05) is 18.9 Å². The van der Waals surface area contributed by atoms with Gasteiger partial charge in [-0.2, -0.15) is 5.10 Å². The van der Waals surface area contributed by atoms with Crippen LogP contribution in [0.25, 0.3) is 0 Å². The third-order valence-electron chi connectivity index (χ3n) is 2.75. The number of imidazole rings is 1. The van der Waals surface area contributed by atoms with E-state index < -0.39 is 0 Å². The molecule has 20 heavy (non-hydrogen) atoms. The topological polar surface area (TPSA) is 78.8 Å². The van der Waals surface area contributed by atoms with Crippen LogP contribution in [0.1, 0.15) is 5.82 Å². The summed E-state index contributed by atoms with van der Waals surface area (Å²) < 4.78 is 1.93. The van der Waals surface area contributed by atoms with Crippen LogP contribution in [0.15, 0.2) is 27.9 Å². The molecule has 0 amide bonds. The van der Waals surface area contributed by atoms with Gasteiger partial charge in [0.15, 0.2) is 0 Å². The van der Waals surface area contributed by atoms with Crippen LogP contribution in [0.4, 0.5) is 5.69 Å². The van der Waals surface area contributed by atoms with E-state index in [1.807, 2.05) is 19.0 Å². The molecule has 0 atom stereocenters. The number of hydrogen-bond donors (Lipinski definition) is 2. The number of hydrogen-bond acceptors (Lipinski definition) is 5. The van der Waals surface area contributed by atoms with Crippen molar-refractivity contribution in [3.8, 4) is 0 Å². The molecule has 2 rings (SSSR count). The van der Waals surface area contributed by atoms with E-state index in [4.69, 9.17) is 0 Å². The Morgan fingerprint density at radius 1 is 1.50 bits per heavy atom. The largest absolute Gasteiger partial charge is 0.375 e. The Hall–Kier alpha value is -1.67. The summed E-state index contributed by atoms with van der Waals surface area (Å²) in [6.07, 6.45) is 5.08. The average Bonchev–Trinajstić information content (AvgIpc) is 2.92. The monoisotopic (exact) mass is 340 g/mol. The van der Waals surface area contributed by atoms with E-state index in [-0.39, 0.29) is 5.56 Å². The van der Waals surface area contributed by atoms with Gasteiger partial charge in [-0.25, -0.2) is 9.67 Å². The maximum Gasteiger partial charge on any atom is 0.283 e. The summed E-state index contributed by atoms with van der Waals surface area (Å²) in [4.78, 5) is 21.2. The SMILES string of the molecule is CN(C)CCn1ncc(NCc2ncc[nH]2)c(Br)c1=O. The number of halogens is 1. The predicted molar refractivity (Wildman–Crippen MR) is 80.7 cm³/mol. The number of H-pyrrole nitrogens is 1. The Kier molecular flexibility index (Phi) is 4.91. The first kappa shape index (κ1) is 14.7. The Morgan fingerprint density at radius 2 is 2.30 bits per heavy atom. The number of nitrogens with one attached hydrogen (secondary N) is 2. The van der Waals surface area contributed by atoms with Gasteiger partial charge in [-0.05, 0) is 30.0 Å². The molecule has 7 nitrogen and oxygen atoms in total. The van der Waals surface area contributed by atoms with E-state index in [9.17, 15) is 4.79 Å². The molecule has 0 aliphatic carbocycles. The first-order chi connectivity index (χ1) is 9.58. The zero-order chi connectivity index (χ0) is 14.5. The van der Waals surface area contributed by atoms with Crippen LogP contribution in [0.3, 0.4) is 0 Å². The standard InChI is InChI=1S/C12H17BrN6O/c1-18(2)5-6-19-12(20)11(13)9(7-17-19)16-8-10-14-3-4-15-10/h3-4,7,16H,5-6,8H2,1-2H3,(H,14,15). The fourth-order valence-corrected chi connectivity index (χ4v) is 2.06. The van der Waals surface area contributed by atoms with Crippen LogP contribution in [0, 0.1) is 0 Å². The lowest BCUT2D eigenvalue weighted by Gasteiger charge is -2.12. The first-order valence-corrected chi connectivity index (χ1v) is 6.99. The minimum Gasteiger partial charge on any atom is -0.375 e. The number of rotatable bonds is 6. The fourth-order valence-electron chi connectivity index (χ4n) is 1.62. The molecule has 0 radical (unpaired) electrons. The highest BCUT2D eigenvalue weighted by Crippen LogP contribution is 2.16. The van der Waals surface area contributed by atoms with E-state index in [0.717, 1.165) is 12.4 Å². The summed E-state index contributed by atoms with van der Waals surface area (Å²) in [7, 11) is 3.92. The van der Waals surface area contributed by atoms with Gasteiger partial charge < -0.3 is 15.2 Å². The fraction of sp³-hybridized carbons (Fsp3) is 0.417. The summed E-state index contributed by atoms with van der Waals surface area (Å²) in [5.41, 5.74) is 0.517. The highest BCUT2D eigenvalue weighted by Gasteiger charge is 2.09. The second-order valence-corrected chi connectivity index (χ2v) is 5.39. The van der Waals surface area contributed by atoms with E-state index in [0.29, 0.717) is 23.2 Å². The van der Waals surface area contributed by atoms with Gasteiger partial charge >= 0.3 is 0 Å². The molecule has 0 fully saturated rings. The molecule has 2 aromatic heterocycles. The Balaban J connectivity index is 2.08. The molecule has 0 saturated carbocycles. The van der Waals surface area contributed by atoms with Crippen molar-refractivity contribution in [2.75, 3.05) is 26.0 Å². The van der Waals surface area contributed by atoms with E-state index >= 15 is 0 Å². The molecule has 0 aliphatic heterocycles. The van der Waals surface area contributed by atoms with Gasteiger partial charge in [-0.3, -0.25) is 4.79 Å². The maximum atomic E-state index is 12.1. The van der Waals surface area contributed by atoms with Crippen molar-refractivity contribution in [1.29, 1.82) is 0 Å². The molecule has 2 N–H and O–H groups in total. The zero-order valence-corrected chi connectivity index (χ0v) is 13.0. The van der Waals surface area contributed by atoms with E-state index in [1.54, 1.807) is 18.6 Å². The minimum absolute atomic E-state index is 0.142. The molecule has 0 aromatic carbocycles. The molecule has 0 spiro atoms. The first-order valence-electron chi connectivity index (χ1n) is 6.20. The van der Waals surface area contributed by atoms with E-state index in [2.05, 4.69) is 36.3 Å². The summed E-state index contributed by atoms with van der Waals surface area (Å²) >= 11 is 3.32. The van der Waals surface area contributed by atoms with Gasteiger partial charge in [0.25, 0.3) is 5.56 Å². The van der Waals surface area contributed by atoms with Crippen LogP contribution in [-0.2, 0) is 13.1 Å². The van der Waals surface area contributed by atoms with Crippen molar-refractivity contribution in [1.82, 2.24) is 24.6 Å². The summed E-state index contributed by atoms with van der Waals surface area (Å²) in [6, 6.07) is 0. The number of likely N-dealkylation sites (N-methyl/N-ethyl adjacent to an activating group) is 1. The smallest absolute Gasteiger partial charge is 0.283 e. The average molecular weight is 341 g/mol. The number of aromatic amines is 1. The van der Waals surface area contributed by atoms with Crippen molar-refractivity contribution in [2.24, 2.45) is 0 Å². The van der Waals surface area contributed by atoms with Crippen molar-refractivity contribution in [3.63, 3.8) is 0 Å². The molecule has 2 heterocycles. The molecule has 0 aliphatic rings. The van der Waals surface area contributed by atoms with Gasteiger partial charge in [0.1, 0.15) is 10.3 Å². The van der Waals surface area contributed by atoms with Crippen LogP contribution in [0.2, 0.25) is 0 Å².